The molecule has 0 spiro atoms. The first-order valence-corrected chi connectivity index (χ1v) is 46.5. The summed E-state index contributed by atoms with van der Waals surface area (Å²) in [6.07, 6.45) is 8.10. The molecule has 10 aromatic carbocycles. The van der Waals surface area contributed by atoms with Crippen LogP contribution in [0.25, 0.3) is 0 Å². The molecule has 0 saturated carbocycles. The van der Waals surface area contributed by atoms with Gasteiger partial charge in [-0.1, -0.05) is 0 Å². The molecule has 1 aliphatic carbocycles. The van der Waals surface area contributed by atoms with E-state index in [0.717, 1.165) is 0 Å². The van der Waals surface area contributed by atoms with E-state index in [1.165, 1.54) is 102 Å². The molecule has 0 amide bonds. The molecule has 10 aromatic rings. The van der Waals surface area contributed by atoms with Gasteiger partial charge < -0.3 is 0 Å². The summed E-state index contributed by atoms with van der Waals surface area (Å²) in [6, 6.07) is 103. The summed E-state index contributed by atoms with van der Waals surface area (Å²) < 4.78 is 7.65. The van der Waals surface area contributed by atoms with E-state index >= 15 is 0 Å². The summed E-state index contributed by atoms with van der Waals surface area (Å²) in [5.41, 5.74) is 25.5. The number of hydrogen-bond donors (Lipinski definition) is 0. The first-order chi connectivity index (χ1) is 48.3. The number of nitrogens with zero attached hydrogens (tertiary/aromatic N) is 2. The second kappa shape index (κ2) is 33.5. The van der Waals surface area contributed by atoms with Crippen molar-refractivity contribution in [3.05, 3.63) is 357 Å². The van der Waals surface area contributed by atoms with E-state index in [2.05, 4.69) is 397 Å². The van der Waals surface area contributed by atoms with Crippen molar-refractivity contribution >= 4 is 59.2 Å². The first kappa shape index (κ1) is 74.3. The molecule has 4 radical (unpaired) electrons. The predicted molar refractivity (Wildman–Crippen MR) is 441 cm³/mol. The van der Waals surface area contributed by atoms with Gasteiger partial charge in [0.15, 0.2) is 0 Å². The fourth-order valence-corrected chi connectivity index (χ4v) is 50.7. The summed E-state index contributed by atoms with van der Waals surface area (Å²) in [4.78, 5) is 0. The molecule has 1 aliphatic rings. The molecule has 2 unspecified atom stereocenters. The van der Waals surface area contributed by atoms with Gasteiger partial charge >= 0.3 is 625 Å². The Balaban J connectivity index is 1.17. The van der Waals surface area contributed by atoms with Gasteiger partial charge in [-0.2, -0.15) is 0 Å². The van der Waals surface area contributed by atoms with Crippen LogP contribution < -0.4 is 7.05 Å². The third kappa shape index (κ3) is 15.4. The topological polar surface area (TPSA) is 6.48 Å². The summed E-state index contributed by atoms with van der Waals surface area (Å²) in [7, 11) is -5.07. The van der Waals surface area contributed by atoms with Crippen LogP contribution in [0.15, 0.2) is 279 Å². The van der Waals surface area contributed by atoms with E-state index < -0.39 is 47.8 Å². The van der Waals surface area contributed by atoms with Crippen molar-refractivity contribution in [1.29, 1.82) is 0 Å². The Bertz CT molecular complexity index is 3510. The Morgan fingerprint density at radius 1 is 0.250 bits per heavy atom. The number of benzene rings is 10. The van der Waals surface area contributed by atoms with Gasteiger partial charge in [0.2, 0.25) is 0 Å². The van der Waals surface area contributed by atoms with Crippen LogP contribution in [0.1, 0.15) is 237 Å². The van der Waals surface area contributed by atoms with Crippen LogP contribution in [0, 0.1) is 0 Å². The Labute approximate surface area is 620 Å². The van der Waals surface area contributed by atoms with Crippen molar-refractivity contribution in [2.24, 2.45) is 0 Å². The average molecular weight is 1470 g/mol. The van der Waals surface area contributed by atoms with Crippen LogP contribution in [0.2, 0.25) is 42.7 Å². The van der Waals surface area contributed by atoms with E-state index in [0.29, 0.717) is 54.6 Å². The fourth-order valence-electron chi connectivity index (χ4n) is 18.5. The van der Waals surface area contributed by atoms with Crippen molar-refractivity contribution in [3.8, 4) is 0 Å². The maximum atomic E-state index is 3.36. The molecule has 0 heterocycles. The van der Waals surface area contributed by atoms with Gasteiger partial charge in [-0.05, 0) is 0 Å². The van der Waals surface area contributed by atoms with Crippen molar-refractivity contribution in [1.82, 2.24) is 0 Å². The summed E-state index contributed by atoms with van der Waals surface area (Å²) in [6.45, 7) is 41.2. The van der Waals surface area contributed by atoms with E-state index in [9.17, 15) is 0 Å². The molecular weight excluding hydrogens is 1360 g/mol. The second-order valence-corrected chi connectivity index (χ2v) is 50.6. The summed E-state index contributed by atoms with van der Waals surface area (Å²) in [5.74, 6) is 0.684. The third-order valence-electron chi connectivity index (χ3n) is 22.7. The van der Waals surface area contributed by atoms with Crippen molar-refractivity contribution in [2.75, 3.05) is 7.05 Å². The molecule has 6 heteroatoms. The Kier molecular flexibility index (Phi) is 24.8. The van der Waals surface area contributed by atoms with Crippen LogP contribution in [-0.2, 0) is 0 Å². The zero-order valence-electron chi connectivity index (χ0n) is 62.9. The maximum absolute atomic E-state index is 3.36. The Hall–Kier alpha value is -6.94. The number of rotatable bonds is 28. The SMILES string of the molecule is CC(C)c1cc(C(c2ccccc2)c2ccccc2)c([N]([Ge][CH]2C=C[CH]([Ge][N](c3c(C(c4ccccc4)c4ccccc4)cc(C(C)C)cc3C(c3ccccc3)c3ccccc3)[Si](C(C)C)(C(C)C)C(C)C)CC2)[Si](C(C)C)(C(C)C)C(C)C)c(C(c2ccccc2)c2ccccc2)c1. The number of anilines is 2. The number of hydrogen-bond acceptors (Lipinski definition) is 2. The Morgan fingerprint density at radius 2 is 0.420 bits per heavy atom. The van der Waals surface area contributed by atoms with Crippen LogP contribution in [-0.4, -0.2) is 47.8 Å². The third-order valence-corrected chi connectivity index (χ3v) is 47.5. The van der Waals surface area contributed by atoms with Gasteiger partial charge in [-0.3, -0.25) is 0 Å². The van der Waals surface area contributed by atoms with E-state index in [-0.39, 0.29) is 23.7 Å². The van der Waals surface area contributed by atoms with Crippen LogP contribution in [0.3, 0.4) is 0 Å². The van der Waals surface area contributed by atoms with Crippen LogP contribution in [0.5, 0.6) is 0 Å². The normalized spacial score (nSPS) is 14.6. The number of allylic oxidation sites excluding steroid dienone is 2. The van der Waals surface area contributed by atoms with E-state index in [1.54, 1.807) is 0 Å². The average Bonchev–Trinajstić information content (AvgIpc) is 0.730. The zero-order chi connectivity index (χ0) is 70.8. The van der Waals surface area contributed by atoms with Crippen molar-refractivity contribution in [2.45, 2.75) is 202 Å². The molecule has 2 atom stereocenters. The molecule has 0 aromatic heterocycles. The van der Waals surface area contributed by atoms with Gasteiger partial charge in [0, 0.05) is 0 Å². The van der Waals surface area contributed by atoms with Gasteiger partial charge in [-0.15, -0.1) is 0 Å². The van der Waals surface area contributed by atoms with E-state index in [1.807, 2.05) is 0 Å². The minimum atomic E-state index is -2.53. The molecule has 11 rings (SSSR count). The summed E-state index contributed by atoms with van der Waals surface area (Å²) in [5, 5.41) is 0. The quantitative estimate of drug-likeness (QED) is 0.0274. The summed E-state index contributed by atoms with van der Waals surface area (Å²) >= 11 is -1.83. The molecule has 0 aliphatic heterocycles. The van der Waals surface area contributed by atoms with Gasteiger partial charge in [-0.25, -0.2) is 0 Å². The first-order valence-electron chi connectivity index (χ1n) is 37.8. The van der Waals surface area contributed by atoms with Crippen molar-refractivity contribution < 1.29 is 0 Å². The molecule has 0 bridgehead atoms. The van der Waals surface area contributed by atoms with Crippen molar-refractivity contribution in [3.63, 3.8) is 0 Å². The molecule has 100 heavy (non-hydrogen) atoms. The zero-order valence-corrected chi connectivity index (χ0v) is 69.1. The fraction of sp³-hybridized carbons (Fsp3) is 0.340. The van der Waals surface area contributed by atoms with Gasteiger partial charge in [0.05, 0.1) is 0 Å². The van der Waals surface area contributed by atoms with Gasteiger partial charge in [0.1, 0.15) is 0 Å². The predicted octanol–water partition coefficient (Wildman–Crippen LogP) is 26.5. The molecule has 2 nitrogen and oxygen atoms in total. The standard InChI is InChI=1S/C94H112Ge2N2Si2/c1-65(2)81-61-85(89(73-41-25-17-26-42-73)74-43-27-18-28-44-74)93(86(62-81)90(75-45-29-19-30-46-75)76-47-31-20-32-48-76)97(99(67(5)6,68(7)8)69(9)10)95-83-57-59-84(60-58-83)96-98(100(70(11)12,71(13)14)72(15)16)94-87(91(77-49-33-21-34-50-77)78-51-35-22-36-52-78)63-82(66(3)4)64-88(94)92(79-53-37-23-38-54-79)80-55-39-24-40-56-80/h17-57,59,61-72,83-84,89-92H,58,60H2,1-16H3. The molecule has 0 N–H and O–H groups in total. The van der Waals surface area contributed by atoms with Gasteiger partial charge in [0.25, 0.3) is 0 Å². The monoisotopic (exact) mass is 1470 g/mol. The molecular formula is C94H112Ge2N2Si2. The van der Waals surface area contributed by atoms with E-state index in [4.69, 9.17) is 0 Å². The minimum absolute atomic E-state index is 0.0143. The van der Waals surface area contributed by atoms with Crippen LogP contribution >= 0.6 is 0 Å². The van der Waals surface area contributed by atoms with Crippen LogP contribution in [0.4, 0.5) is 11.4 Å². The Morgan fingerprint density at radius 3 is 0.560 bits per heavy atom. The molecule has 0 fully saturated rings. The molecule has 0 saturated heterocycles. The molecule has 514 valence electrons. The second-order valence-electron chi connectivity index (χ2n) is 31.2.